The second kappa shape index (κ2) is 5.94. The molecule has 0 bridgehead atoms. The number of hydrogen-bond donors (Lipinski definition) is 1. The maximum Gasteiger partial charge on any atom is 0.0777 e. The summed E-state index contributed by atoms with van der Waals surface area (Å²) in [6, 6.07) is 0.479. The highest BCUT2D eigenvalue weighted by atomic mass is 32.1. The van der Waals surface area contributed by atoms with E-state index in [4.69, 9.17) is 22.7 Å². The predicted molar refractivity (Wildman–Crippen MR) is 71.7 cm³/mol. The lowest BCUT2D eigenvalue weighted by Crippen LogP contribution is -2.51. The largest absolute Gasteiger partial charge is 0.393 e. The zero-order valence-corrected chi connectivity index (χ0v) is 11.5. The van der Waals surface area contributed by atoms with E-state index in [9.17, 15) is 0 Å². The summed E-state index contributed by atoms with van der Waals surface area (Å²) in [5.74, 6) is 0. The fourth-order valence-electron chi connectivity index (χ4n) is 2.49. The van der Waals surface area contributed by atoms with Crippen LogP contribution >= 0.6 is 12.2 Å². The highest BCUT2D eigenvalue weighted by Gasteiger charge is 2.33. The molecular formula is C12H24N2OS. The van der Waals surface area contributed by atoms with E-state index in [-0.39, 0.29) is 5.60 Å². The topological polar surface area (TPSA) is 38.5 Å². The molecule has 1 aliphatic rings. The van der Waals surface area contributed by atoms with Gasteiger partial charge in [0, 0.05) is 26.1 Å². The average Bonchev–Trinajstić information content (AvgIpc) is 2.25. The Morgan fingerprint density at radius 3 is 2.81 bits per heavy atom. The van der Waals surface area contributed by atoms with Gasteiger partial charge in [-0.1, -0.05) is 19.1 Å². The highest BCUT2D eigenvalue weighted by Crippen LogP contribution is 2.26. The smallest absolute Gasteiger partial charge is 0.0777 e. The van der Waals surface area contributed by atoms with Gasteiger partial charge in [-0.05, 0) is 32.7 Å². The highest BCUT2D eigenvalue weighted by molar-refractivity contribution is 7.80. The molecule has 0 saturated carbocycles. The van der Waals surface area contributed by atoms with Gasteiger partial charge in [0.25, 0.3) is 0 Å². The summed E-state index contributed by atoms with van der Waals surface area (Å²) < 4.78 is 5.60. The summed E-state index contributed by atoms with van der Waals surface area (Å²) in [6.07, 6.45) is 4.25. The van der Waals surface area contributed by atoms with Crippen LogP contribution in [0.5, 0.6) is 0 Å². The lowest BCUT2D eigenvalue weighted by atomic mass is 9.92. The van der Waals surface area contributed by atoms with Gasteiger partial charge in [-0.2, -0.15) is 0 Å². The molecule has 16 heavy (non-hydrogen) atoms. The number of thiocarbonyl (C=S) groups is 1. The van der Waals surface area contributed by atoms with Gasteiger partial charge < -0.3 is 10.5 Å². The SMILES string of the molecule is CCC(CC(N)=S)N1CCCC(C)(OC)C1. The molecule has 1 fully saturated rings. The van der Waals surface area contributed by atoms with Crippen LogP contribution in [0, 0.1) is 0 Å². The van der Waals surface area contributed by atoms with Gasteiger partial charge >= 0.3 is 0 Å². The molecule has 0 aliphatic carbocycles. The van der Waals surface area contributed by atoms with Crippen molar-refractivity contribution in [1.29, 1.82) is 0 Å². The third-order valence-corrected chi connectivity index (χ3v) is 3.77. The molecule has 0 spiro atoms. The fraction of sp³-hybridized carbons (Fsp3) is 0.917. The Balaban J connectivity index is 2.60. The van der Waals surface area contributed by atoms with Crippen LogP contribution < -0.4 is 5.73 Å². The molecule has 1 saturated heterocycles. The Hall–Kier alpha value is -0.190. The van der Waals surface area contributed by atoms with Crippen molar-refractivity contribution >= 4 is 17.2 Å². The number of hydrogen-bond acceptors (Lipinski definition) is 3. The minimum atomic E-state index is 0.00187. The second-order valence-electron chi connectivity index (χ2n) is 4.96. The Labute approximate surface area is 104 Å². The number of nitrogens with zero attached hydrogens (tertiary/aromatic N) is 1. The monoisotopic (exact) mass is 244 g/mol. The molecule has 1 heterocycles. The van der Waals surface area contributed by atoms with Crippen LogP contribution in [0.4, 0.5) is 0 Å². The van der Waals surface area contributed by atoms with Crippen molar-refractivity contribution in [1.82, 2.24) is 4.90 Å². The first-order valence-electron chi connectivity index (χ1n) is 6.08. The van der Waals surface area contributed by atoms with Crippen molar-refractivity contribution in [2.75, 3.05) is 20.2 Å². The Kier molecular flexibility index (Phi) is 5.15. The summed E-state index contributed by atoms with van der Waals surface area (Å²) in [5.41, 5.74) is 5.65. The summed E-state index contributed by atoms with van der Waals surface area (Å²) in [6.45, 7) is 6.51. The quantitative estimate of drug-likeness (QED) is 0.750. The van der Waals surface area contributed by atoms with Crippen molar-refractivity contribution < 1.29 is 4.74 Å². The van der Waals surface area contributed by atoms with Crippen LogP contribution in [0.25, 0.3) is 0 Å². The number of piperidine rings is 1. The van der Waals surface area contributed by atoms with Crippen LogP contribution in [-0.2, 0) is 4.74 Å². The molecule has 4 heteroatoms. The van der Waals surface area contributed by atoms with Gasteiger partial charge in [-0.15, -0.1) is 0 Å². The van der Waals surface area contributed by atoms with E-state index in [0.717, 1.165) is 32.4 Å². The molecule has 0 radical (unpaired) electrons. The molecule has 2 unspecified atom stereocenters. The first-order valence-corrected chi connectivity index (χ1v) is 6.49. The molecule has 0 aromatic carbocycles. The third kappa shape index (κ3) is 3.68. The van der Waals surface area contributed by atoms with Gasteiger partial charge in [-0.25, -0.2) is 0 Å². The maximum atomic E-state index is 5.65. The van der Waals surface area contributed by atoms with Crippen LogP contribution in [0.15, 0.2) is 0 Å². The van der Waals surface area contributed by atoms with Crippen molar-refractivity contribution in [3.8, 4) is 0 Å². The van der Waals surface area contributed by atoms with E-state index in [2.05, 4.69) is 18.7 Å². The van der Waals surface area contributed by atoms with Gasteiger partial charge in [0.1, 0.15) is 0 Å². The lowest BCUT2D eigenvalue weighted by Gasteiger charge is -2.43. The zero-order chi connectivity index (χ0) is 12.2. The zero-order valence-electron chi connectivity index (χ0n) is 10.7. The van der Waals surface area contributed by atoms with Crippen LogP contribution in [-0.4, -0.2) is 41.7 Å². The Morgan fingerprint density at radius 2 is 2.31 bits per heavy atom. The van der Waals surface area contributed by atoms with Gasteiger partial charge in [0.2, 0.25) is 0 Å². The minimum Gasteiger partial charge on any atom is -0.393 e. The summed E-state index contributed by atoms with van der Waals surface area (Å²) in [4.78, 5) is 3.10. The Morgan fingerprint density at radius 1 is 1.62 bits per heavy atom. The van der Waals surface area contributed by atoms with E-state index in [0.29, 0.717) is 11.0 Å². The van der Waals surface area contributed by atoms with Crippen molar-refractivity contribution in [3.05, 3.63) is 0 Å². The van der Waals surface area contributed by atoms with E-state index in [1.165, 1.54) is 6.42 Å². The van der Waals surface area contributed by atoms with Crippen LogP contribution in [0.2, 0.25) is 0 Å². The second-order valence-corrected chi connectivity index (χ2v) is 5.48. The van der Waals surface area contributed by atoms with Gasteiger partial charge in [-0.3, -0.25) is 4.90 Å². The molecule has 2 N–H and O–H groups in total. The third-order valence-electron chi connectivity index (χ3n) is 3.61. The standard InChI is InChI=1S/C12H24N2OS/c1-4-10(8-11(13)16)14-7-5-6-12(2,9-14)15-3/h10H,4-9H2,1-3H3,(H2,13,16). The molecule has 1 rings (SSSR count). The summed E-state index contributed by atoms with van der Waals surface area (Å²) >= 11 is 5.01. The van der Waals surface area contributed by atoms with Crippen molar-refractivity contribution in [2.45, 2.75) is 51.2 Å². The predicted octanol–water partition coefficient (Wildman–Crippen LogP) is 1.94. The number of nitrogens with two attached hydrogens (primary N) is 1. The molecule has 0 aromatic heterocycles. The molecule has 3 nitrogen and oxygen atoms in total. The van der Waals surface area contributed by atoms with Crippen LogP contribution in [0.1, 0.15) is 39.5 Å². The Bertz CT molecular complexity index is 247. The fourth-order valence-corrected chi connectivity index (χ4v) is 2.68. The number of ether oxygens (including phenoxy) is 1. The number of likely N-dealkylation sites (tertiary alicyclic amines) is 1. The average molecular weight is 244 g/mol. The van der Waals surface area contributed by atoms with Crippen LogP contribution in [0.3, 0.4) is 0 Å². The number of methoxy groups -OCH3 is 1. The molecule has 0 amide bonds. The number of rotatable bonds is 5. The summed E-state index contributed by atoms with van der Waals surface area (Å²) in [5, 5.41) is 0. The van der Waals surface area contributed by atoms with E-state index < -0.39 is 0 Å². The van der Waals surface area contributed by atoms with E-state index in [1.807, 2.05) is 0 Å². The molecule has 2 atom stereocenters. The van der Waals surface area contributed by atoms with E-state index in [1.54, 1.807) is 7.11 Å². The van der Waals surface area contributed by atoms with Crippen molar-refractivity contribution in [2.24, 2.45) is 5.73 Å². The van der Waals surface area contributed by atoms with Crippen molar-refractivity contribution in [3.63, 3.8) is 0 Å². The normalized spacial score (nSPS) is 28.9. The maximum absolute atomic E-state index is 5.65. The minimum absolute atomic E-state index is 0.00187. The van der Waals surface area contributed by atoms with Gasteiger partial charge in [0.05, 0.1) is 10.6 Å². The van der Waals surface area contributed by atoms with Gasteiger partial charge in [0.15, 0.2) is 0 Å². The first-order chi connectivity index (χ1) is 7.50. The molecule has 1 aliphatic heterocycles. The molecular weight excluding hydrogens is 220 g/mol. The first kappa shape index (κ1) is 13.9. The molecule has 94 valence electrons. The van der Waals surface area contributed by atoms with E-state index >= 15 is 0 Å². The molecule has 0 aromatic rings. The summed E-state index contributed by atoms with van der Waals surface area (Å²) in [7, 11) is 1.80. The lowest BCUT2D eigenvalue weighted by molar-refractivity contribution is -0.0608.